The van der Waals surface area contributed by atoms with Crippen LogP contribution in [0, 0.1) is 0 Å². The zero-order valence-corrected chi connectivity index (χ0v) is 4.10. The van der Waals surface area contributed by atoms with Crippen LogP contribution in [0.25, 0.3) is 0 Å². The standard InChI is InChI=1S/C7H8O/c8-6-7-4-2-1-3-5-7/h1-5,8H,6H2/i1D,2D,4D,6D2. The highest BCUT2D eigenvalue weighted by Gasteiger charge is 1.81. The van der Waals surface area contributed by atoms with Gasteiger partial charge in [-0.1, -0.05) is 30.3 Å². The number of hydrogen-bond acceptors (Lipinski definition) is 1. The lowest BCUT2D eigenvalue weighted by atomic mass is 10.2. The Labute approximate surface area is 55.6 Å². The zero-order chi connectivity index (χ0) is 10.2. The van der Waals surface area contributed by atoms with Gasteiger partial charge in [0, 0.05) is 0 Å². The summed E-state index contributed by atoms with van der Waals surface area (Å²) in [5, 5.41) is 8.95. The van der Waals surface area contributed by atoms with Gasteiger partial charge in [0.2, 0.25) is 0 Å². The lowest BCUT2D eigenvalue weighted by Crippen LogP contribution is -1.77. The predicted molar refractivity (Wildman–Crippen MR) is 32.4 cm³/mol. The Morgan fingerprint density at radius 3 is 3.38 bits per heavy atom. The van der Waals surface area contributed by atoms with Crippen molar-refractivity contribution in [1.29, 1.82) is 0 Å². The molecule has 1 heteroatoms. The van der Waals surface area contributed by atoms with Crippen molar-refractivity contribution in [3.05, 3.63) is 35.8 Å². The Morgan fingerprint density at radius 2 is 2.62 bits per heavy atom. The lowest BCUT2D eigenvalue weighted by Gasteiger charge is -1.89. The normalized spacial score (nSPS) is 19.9. The lowest BCUT2D eigenvalue weighted by molar-refractivity contribution is 0.282. The number of rotatable bonds is 1. The molecule has 0 fully saturated rings. The van der Waals surface area contributed by atoms with E-state index in [1.807, 2.05) is 0 Å². The number of benzene rings is 1. The molecule has 1 nitrogen and oxygen atoms in total. The second-order valence-corrected chi connectivity index (χ2v) is 1.25. The highest BCUT2D eigenvalue weighted by atomic mass is 16.3. The zero-order valence-electron chi connectivity index (χ0n) is 9.10. The van der Waals surface area contributed by atoms with Gasteiger partial charge in [-0.15, -0.1) is 0 Å². The van der Waals surface area contributed by atoms with Crippen LogP contribution in [-0.4, -0.2) is 5.11 Å². The molecular formula is C7H8O. The Morgan fingerprint density at radius 1 is 1.75 bits per heavy atom. The van der Waals surface area contributed by atoms with E-state index in [2.05, 4.69) is 0 Å². The van der Waals surface area contributed by atoms with Gasteiger partial charge in [0.05, 0.1) is 13.4 Å². The Kier molecular flexibility index (Phi) is 0.573. The minimum atomic E-state index is -2.62. The van der Waals surface area contributed by atoms with Gasteiger partial charge in [0.25, 0.3) is 0 Å². The first kappa shape index (κ1) is 1.85. The second-order valence-electron chi connectivity index (χ2n) is 1.25. The molecule has 0 saturated carbocycles. The maximum Gasteiger partial charge on any atom is 0.0681 e. The summed E-state index contributed by atoms with van der Waals surface area (Å²) in [6.07, 6.45) is 0. The van der Waals surface area contributed by atoms with Gasteiger partial charge in [-0.3, -0.25) is 0 Å². The molecule has 1 aromatic rings. The molecule has 0 heterocycles. The van der Waals surface area contributed by atoms with Crippen molar-refractivity contribution in [3.8, 4) is 0 Å². The van der Waals surface area contributed by atoms with E-state index >= 15 is 0 Å². The summed E-state index contributed by atoms with van der Waals surface area (Å²) in [5.41, 5.74) is -0.284. The van der Waals surface area contributed by atoms with Crippen LogP contribution in [0.2, 0.25) is 0 Å². The molecule has 1 rings (SSSR count). The van der Waals surface area contributed by atoms with Crippen LogP contribution in [0.5, 0.6) is 0 Å². The molecule has 0 bridgehead atoms. The molecule has 0 amide bonds. The maximum atomic E-state index is 8.95. The van der Waals surface area contributed by atoms with Crippen molar-refractivity contribution in [3.63, 3.8) is 0 Å². The second kappa shape index (κ2) is 2.48. The fourth-order valence-electron chi connectivity index (χ4n) is 0.377. The summed E-state index contributed by atoms with van der Waals surface area (Å²) in [5.74, 6) is 0. The van der Waals surface area contributed by atoms with Gasteiger partial charge in [0.15, 0.2) is 0 Å². The fourth-order valence-corrected chi connectivity index (χ4v) is 0.377. The quantitative estimate of drug-likeness (QED) is 0.579. The van der Waals surface area contributed by atoms with E-state index < -0.39 is 12.6 Å². The molecule has 0 aliphatic carbocycles. The van der Waals surface area contributed by atoms with Gasteiger partial charge >= 0.3 is 0 Å². The summed E-state index contributed by atoms with van der Waals surface area (Å²) in [4.78, 5) is 0. The Bertz CT molecular complexity index is 330. The first-order valence-corrected chi connectivity index (χ1v) is 2.13. The molecule has 0 radical (unpaired) electrons. The molecule has 1 aromatic carbocycles. The van der Waals surface area contributed by atoms with Crippen LogP contribution in [0.4, 0.5) is 0 Å². The third-order valence-electron chi connectivity index (χ3n) is 0.723. The Hall–Kier alpha value is -0.820. The van der Waals surface area contributed by atoms with Crippen molar-refractivity contribution >= 4 is 0 Å². The van der Waals surface area contributed by atoms with Crippen molar-refractivity contribution in [2.45, 2.75) is 6.56 Å². The van der Waals surface area contributed by atoms with Gasteiger partial charge in [-0.2, -0.15) is 0 Å². The monoisotopic (exact) mass is 113 g/mol. The molecule has 0 saturated heterocycles. The summed E-state index contributed by atoms with van der Waals surface area (Å²) in [7, 11) is 0. The van der Waals surface area contributed by atoms with E-state index in [1.54, 1.807) is 0 Å². The summed E-state index contributed by atoms with van der Waals surface area (Å²) < 4.78 is 35.5. The van der Waals surface area contributed by atoms with E-state index in [-0.39, 0.29) is 17.6 Å². The van der Waals surface area contributed by atoms with Gasteiger partial charge in [-0.05, 0) is 5.56 Å². The largest absolute Gasteiger partial charge is 0.392 e. The van der Waals surface area contributed by atoms with E-state index in [9.17, 15) is 0 Å². The summed E-state index contributed by atoms with van der Waals surface area (Å²) >= 11 is 0. The average molecular weight is 113 g/mol. The molecule has 1 N–H and O–H groups in total. The van der Waals surface area contributed by atoms with Crippen LogP contribution in [0.1, 0.15) is 12.4 Å². The topological polar surface area (TPSA) is 20.2 Å². The molecule has 0 spiro atoms. The van der Waals surface area contributed by atoms with Gasteiger partial charge in [-0.25, -0.2) is 0 Å². The van der Waals surface area contributed by atoms with E-state index in [1.165, 1.54) is 6.07 Å². The molecular weight excluding hydrogens is 100 g/mol. The van der Waals surface area contributed by atoms with Crippen molar-refractivity contribution < 1.29 is 12.0 Å². The summed E-state index contributed by atoms with van der Waals surface area (Å²) in [6, 6.07) is 1.35. The third-order valence-corrected chi connectivity index (χ3v) is 0.723. The predicted octanol–water partition coefficient (Wildman–Crippen LogP) is 1.18. The molecule has 8 heavy (non-hydrogen) atoms. The minimum Gasteiger partial charge on any atom is -0.392 e. The van der Waals surface area contributed by atoms with E-state index in [0.717, 1.165) is 6.07 Å². The van der Waals surface area contributed by atoms with Crippen molar-refractivity contribution in [2.24, 2.45) is 0 Å². The first-order valence-electron chi connectivity index (χ1n) is 4.63. The number of hydrogen-bond donors (Lipinski definition) is 1. The van der Waals surface area contributed by atoms with Crippen LogP contribution in [0.15, 0.2) is 30.3 Å². The molecule has 0 aliphatic rings. The highest BCUT2D eigenvalue weighted by molar-refractivity contribution is 5.12. The summed E-state index contributed by atoms with van der Waals surface area (Å²) in [6.45, 7) is -2.62. The molecule has 42 valence electrons. The van der Waals surface area contributed by atoms with E-state index in [4.69, 9.17) is 12.0 Å². The smallest absolute Gasteiger partial charge is 0.0681 e. The van der Waals surface area contributed by atoms with Crippen molar-refractivity contribution in [2.75, 3.05) is 0 Å². The molecule has 0 atom stereocenters. The van der Waals surface area contributed by atoms with Crippen LogP contribution < -0.4 is 0 Å². The Balaban J connectivity index is 3.35. The minimum absolute atomic E-state index is 0.155. The first-order chi connectivity index (χ1) is 5.84. The fraction of sp³-hybridized carbons (Fsp3) is 0.143. The SMILES string of the molecule is [2H]c1ccc(C([2H])([2H])O)c([2H])c1[2H]. The van der Waals surface area contributed by atoms with E-state index in [0.29, 0.717) is 0 Å². The average Bonchev–Trinajstić information content (AvgIpc) is 1.98. The molecule has 0 unspecified atom stereocenters. The van der Waals surface area contributed by atoms with Crippen LogP contribution >= 0.6 is 0 Å². The van der Waals surface area contributed by atoms with Gasteiger partial charge in [0.1, 0.15) is 0 Å². The maximum absolute atomic E-state index is 8.95. The van der Waals surface area contributed by atoms with Crippen LogP contribution in [-0.2, 0) is 6.56 Å². The van der Waals surface area contributed by atoms with Crippen LogP contribution in [0.3, 0.4) is 0 Å². The van der Waals surface area contributed by atoms with Crippen molar-refractivity contribution in [1.82, 2.24) is 0 Å². The third kappa shape index (κ3) is 1.07. The van der Waals surface area contributed by atoms with Gasteiger partial charge < -0.3 is 5.11 Å². The molecule has 0 aliphatic heterocycles. The molecule has 0 aromatic heterocycles. The highest BCUT2D eigenvalue weighted by Crippen LogP contribution is 1.95. The number of aliphatic hydroxyl groups is 1.